The third-order valence-corrected chi connectivity index (χ3v) is 1.74. The normalized spacial score (nSPS) is 12.5. The number of nitrogens with zero attached hydrogens (tertiary/aromatic N) is 2. The first-order valence-electron chi connectivity index (χ1n) is 4.14. The van der Waals surface area contributed by atoms with E-state index in [1.807, 2.05) is 6.92 Å². The Morgan fingerprint density at radius 3 is 3.08 bits per heavy atom. The first kappa shape index (κ1) is 9.66. The number of aromatic amines is 1. The van der Waals surface area contributed by atoms with Gasteiger partial charge in [0, 0.05) is 12.6 Å². The summed E-state index contributed by atoms with van der Waals surface area (Å²) in [5.74, 6) is -0.0540. The number of carbonyl (C=O) groups excluding carboxylic acids is 1. The molecule has 72 valence electrons. The molecule has 0 saturated carbocycles. The molecule has 1 rings (SSSR count). The topological polar surface area (TPSA) is 96.7 Å². The molecule has 0 bridgehead atoms. The minimum atomic E-state index is -0.269. The van der Waals surface area contributed by atoms with E-state index >= 15 is 0 Å². The maximum atomic E-state index is 11.3. The highest BCUT2D eigenvalue weighted by Crippen LogP contribution is 1.91. The molecular formula is C7H13N5O. The predicted molar refractivity (Wildman–Crippen MR) is 47.0 cm³/mol. The van der Waals surface area contributed by atoms with Gasteiger partial charge in [-0.1, -0.05) is 6.92 Å². The summed E-state index contributed by atoms with van der Waals surface area (Å²) in [6, 6.07) is -0.00222. The van der Waals surface area contributed by atoms with Crippen LogP contribution < -0.4 is 11.1 Å². The number of hydrogen-bond donors (Lipinski definition) is 3. The lowest BCUT2D eigenvalue weighted by Gasteiger charge is -2.12. The van der Waals surface area contributed by atoms with Gasteiger partial charge in [-0.25, -0.2) is 4.98 Å². The van der Waals surface area contributed by atoms with Crippen LogP contribution in [0.1, 0.15) is 24.0 Å². The van der Waals surface area contributed by atoms with E-state index in [0.717, 1.165) is 6.42 Å². The first-order chi connectivity index (χ1) is 6.27. The Morgan fingerprint density at radius 1 is 1.85 bits per heavy atom. The smallest absolute Gasteiger partial charge is 0.288 e. The van der Waals surface area contributed by atoms with Crippen LogP contribution in [0.2, 0.25) is 0 Å². The lowest BCUT2D eigenvalue weighted by Crippen LogP contribution is -2.40. The highest BCUT2D eigenvalue weighted by Gasteiger charge is 2.12. The Kier molecular flexibility index (Phi) is 3.39. The fourth-order valence-corrected chi connectivity index (χ4v) is 0.896. The first-order valence-corrected chi connectivity index (χ1v) is 4.14. The standard InChI is InChI=1S/C7H13N5O/c1-2-5(3-8)11-7(13)6-9-4-10-12-6/h4-5H,2-3,8H2,1H3,(H,11,13)(H,9,10,12). The highest BCUT2D eigenvalue weighted by atomic mass is 16.2. The maximum absolute atomic E-state index is 11.3. The van der Waals surface area contributed by atoms with E-state index in [4.69, 9.17) is 5.73 Å². The number of amides is 1. The third-order valence-electron chi connectivity index (χ3n) is 1.74. The van der Waals surface area contributed by atoms with Crippen molar-refractivity contribution in [1.29, 1.82) is 0 Å². The predicted octanol–water partition coefficient (Wildman–Crippen LogP) is -0.728. The van der Waals surface area contributed by atoms with Gasteiger partial charge in [-0.2, -0.15) is 5.10 Å². The summed E-state index contributed by atoms with van der Waals surface area (Å²) in [5, 5.41) is 8.77. The van der Waals surface area contributed by atoms with E-state index < -0.39 is 0 Å². The van der Waals surface area contributed by atoms with E-state index in [9.17, 15) is 4.79 Å². The van der Waals surface area contributed by atoms with Crippen molar-refractivity contribution >= 4 is 5.91 Å². The van der Waals surface area contributed by atoms with Crippen molar-refractivity contribution in [2.75, 3.05) is 6.54 Å². The number of nitrogens with two attached hydrogens (primary N) is 1. The summed E-state index contributed by atoms with van der Waals surface area (Å²) < 4.78 is 0. The summed E-state index contributed by atoms with van der Waals surface area (Å²) >= 11 is 0. The zero-order valence-electron chi connectivity index (χ0n) is 7.45. The number of aromatic nitrogens is 3. The van der Waals surface area contributed by atoms with Crippen molar-refractivity contribution < 1.29 is 4.79 Å². The summed E-state index contributed by atoms with van der Waals surface area (Å²) in [6.45, 7) is 2.38. The molecule has 0 aliphatic heterocycles. The van der Waals surface area contributed by atoms with E-state index in [1.54, 1.807) is 0 Å². The molecule has 6 nitrogen and oxygen atoms in total. The summed E-state index contributed by atoms with van der Waals surface area (Å²) in [7, 11) is 0. The molecule has 0 saturated heterocycles. The van der Waals surface area contributed by atoms with Crippen LogP contribution >= 0.6 is 0 Å². The van der Waals surface area contributed by atoms with Gasteiger partial charge in [0.15, 0.2) is 0 Å². The van der Waals surface area contributed by atoms with Gasteiger partial charge >= 0.3 is 0 Å². The number of carbonyl (C=O) groups is 1. The molecule has 6 heteroatoms. The van der Waals surface area contributed by atoms with Gasteiger partial charge in [0.2, 0.25) is 5.82 Å². The highest BCUT2D eigenvalue weighted by molar-refractivity contribution is 5.90. The molecule has 1 aromatic heterocycles. The Hall–Kier alpha value is -1.43. The monoisotopic (exact) mass is 183 g/mol. The van der Waals surface area contributed by atoms with E-state index in [1.165, 1.54) is 6.33 Å². The molecule has 1 aromatic rings. The molecule has 0 radical (unpaired) electrons. The minimum Gasteiger partial charge on any atom is -0.345 e. The zero-order chi connectivity index (χ0) is 9.68. The third kappa shape index (κ3) is 2.51. The molecule has 0 aromatic carbocycles. The molecular weight excluding hydrogens is 170 g/mol. The number of nitrogens with one attached hydrogen (secondary N) is 2. The number of rotatable bonds is 4. The number of H-pyrrole nitrogens is 1. The van der Waals surface area contributed by atoms with Crippen molar-refractivity contribution in [3.63, 3.8) is 0 Å². The van der Waals surface area contributed by atoms with Gasteiger partial charge in [0.05, 0.1) is 0 Å². The van der Waals surface area contributed by atoms with Crippen LogP contribution in [0.4, 0.5) is 0 Å². The van der Waals surface area contributed by atoms with Crippen LogP contribution in [0.15, 0.2) is 6.33 Å². The molecule has 1 unspecified atom stereocenters. The Labute approximate surface area is 75.9 Å². The van der Waals surface area contributed by atoms with E-state index in [0.29, 0.717) is 6.54 Å². The van der Waals surface area contributed by atoms with Crippen molar-refractivity contribution in [2.24, 2.45) is 5.73 Å². The average molecular weight is 183 g/mol. The van der Waals surface area contributed by atoms with Gasteiger partial charge in [-0.3, -0.25) is 9.89 Å². The summed E-state index contributed by atoms with van der Waals surface area (Å²) in [4.78, 5) is 15.1. The fraction of sp³-hybridized carbons (Fsp3) is 0.571. The van der Waals surface area contributed by atoms with Crippen molar-refractivity contribution in [2.45, 2.75) is 19.4 Å². The second kappa shape index (κ2) is 4.56. The average Bonchev–Trinajstić information content (AvgIpc) is 2.66. The SMILES string of the molecule is CCC(CN)NC(=O)c1ncn[nH]1. The minimum absolute atomic E-state index is 0.00222. The van der Waals surface area contributed by atoms with Crippen LogP contribution in [-0.2, 0) is 0 Å². The van der Waals surface area contributed by atoms with Gasteiger partial charge in [0.25, 0.3) is 5.91 Å². The summed E-state index contributed by atoms with van der Waals surface area (Å²) in [5.41, 5.74) is 5.42. The molecule has 0 spiro atoms. The van der Waals surface area contributed by atoms with Crippen LogP contribution in [0.25, 0.3) is 0 Å². The molecule has 0 aliphatic rings. The van der Waals surface area contributed by atoms with Gasteiger partial charge in [-0.05, 0) is 6.42 Å². The molecule has 0 fully saturated rings. The van der Waals surface area contributed by atoms with Crippen molar-refractivity contribution in [1.82, 2.24) is 20.5 Å². The second-order valence-electron chi connectivity index (χ2n) is 2.65. The van der Waals surface area contributed by atoms with Gasteiger partial charge in [-0.15, -0.1) is 0 Å². The van der Waals surface area contributed by atoms with Crippen LogP contribution in [0.5, 0.6) is 0 Å². The molecule has 13 heavy (non-hydrogen) atoms. The van der Waals surface area contributed by atoms with Crippen molar-refractivity contribution in [3.05, 3.63) is 12.2 Å². The maximum Gasteiger partial charge on any atom is 0.288 e. The Bertz CT molecular complexity index is 254. The fourth-order valence-electron chi connectivity index (χ4n) is 0.896. The molecule has 1 heterocycles. The Balaban J connectivity index is 2.50. The molecule has 1 amide bonds. The van der Waals surface area contributed by atoms with Crippen LogP contribution in [0, 0.1) is 0 Å². The van der Waals surface area contributed by atoms with Crippen LogP contribution in [-0.4, -0.2) is 33.7 Å². The van der Waals surface area contributed by atoms with Gasteiger partial charge in [0.1, 0.15) is 6.33 Å². The molecule has 1 atom stereocenters. The molecule has 4 N–H and O–H groups in total. The van der Waals surface area contributed by atoms with Crippen molar-refractivity contribution in [3.8, 4) is 0 Å². The lowest BCUT2D eigenvalue weighted by molar-refractivity contribution is 0.0927. The van der Waals surface area contributed by atoms with E-state index in [-0.39, 0.29) is 17.8 Å². The number of hydrogen-bond acceptors (Lipinski definition) is 4. The largest absolute Gasteiger partial charge is 0.345 e. The zero-order valence-corrected chi connectivity index (χ0v) is 7.45. The van der Waals surface area contributed by atoms with Gasteiger partial charge < -0.3 is 11.1 Å². The lowest BCUT2D eigenvalue weighted by atomic mass is 10.2. The van der Waals surface area contributed by atoms with Crippen LogP contribution in [0.3, 0.4) is 0 Å². The molecule has 0 aliphatic carbocycles. The van der Waals surface area contributed by atoms with E-state index in [2.05, 4.69) is 20.5 Å². The second-order valence-corrected chi connectivity index (χ2v) is 2.65. The quantitative estimate of drug-likeness (QED) is 0.573. The summed E-state index contributed by atoms with van der Waals surface area (Å²) in [6.07, 6.45) is 2.09. The Morgan fingerprint density at radius 2 is 2.62 bits per heavy atom.